The lowest BCUT2D eigenvalue weighted by molar-refractivity contribution is -0.125. The number of urea groups is 1. The maximum absolute atomic E-state index is 13.3. The van der Waals surface area contributed by atoms with Gasteiger partial charge in [-0.15, -0.1) is 0 Å². The van der Waals surface area contributed by atoms with Gasteiger partial charge in [0.1, 0.15) is 13.2 Å². The molecule has 0 aromatic heterocycles. The number of rotatable bonds is 5. The van der Waals surface area contributed by atoms with E-state index in [2.05, 4.69) is 0 Å². The van der Waals surface area contributed by atoms with E-state index in [4.69, 9.17) is 4.74 Å². The second-order valence-corrected chi connectivity index (χ2v) is 4.97. The highest BCUT2D eigenvalue weighted by molar-refractivity contribution is 6.02. The Morgan fingerprint density at radius 1 is 1.25 bits per heavy atom. The topological polar surface area (TPSA) is 49.9 Å². The van der Waals surface area contributed by atoms with Crippen molar-refractivity contribution in [1.29, 1.82) is 0 Å². The summed E-state index contributed by atoms with van der Waals surface area (Å²) in [4.78, 5) is 26.6. The zero-order valence-corrected chi connectivity index (χ0v) is 10.9. The summed E-state index contributed by atoms with van der Waals surface area (Å²) in [6.45, 7) is 0.398. The molecule has 0 spiro atoms. The van der Waals surface area contributed by atoms with E-state index in [0.29, 0.717) is 0 Å². The number of imide groups is 1. The molecule has 1 aromatic rings. The molecule has 2 fully saturated rings. The van der Waals surface area contributed by atoms with E-state index in [9.17, 15) is 14.0 Å². The Hall–Kier alpha value is -2.11. The van der Waals surface area contributed by atoms with E-state index in [1.54, 1.807) is 17.0 Å². The molecule has 5 nitrogen and oxygen atoms in total. The number of ether oxygens (including phenoxy) is 1. The maximum Gasteiger partial charge on any atom is 0.327 e. The van der Waals surface area contributed by atoms with Crippen LogP contribution in [0.3, 0.4) is 0 Å². The van der Waals surface area contributed by atoms with Gasteiger partial charge in [0.25, 0.3) is 0 Å². The first-order chi connectivity index (χ1) is 9.66. The fourth-order valence-electron chi connectivity index (χ4n) is 2.26. The van der Waals surface area contributed by atoms with Gasteiger partial charge >= 0.3 is 6.03 Å². The third-order valence-corrected chi connectivity index (χ3v) is 3.48. The lowest BCUT2D eigenvalue weighted by atomic mass is 10.3. The molecule has 1 heterocycles. The molecular formula is C14H15FN2O3. The number of hydrogen-bond acceptors (Lipinski definition) is 3. The molecule has 1 aromatic carbocycles. The summed E-state index contributed by atoms with van der Waals surface area (Å²) in [7, 11) is 0. The Balaban J connectivity index is 1.54. The molecule has 2 aliphatic rings. The van der Waals surface area contributed by atoms with Gasteiger partial charge in [-0.25, -0.2) is 9.18 Å². The van der Waals surface area contributed by atoms with E-state index in [1.165, 1.54) is 17.0 Å². The number of hydrogen-bond donors (Lipinski definition) is 0. The predicted octanol–water partition coefficient (Wildman–Crippen LogP) is 1.63. The van der Waals surface area contributed by atoms with Crippen LogP contribution in [0.2, 0.25) is 0 Å². The molecule has 0 atom stereocenters. The van der Waals surface area contributed by atoms with Crippen LogP contribution in [0.25, 0.3) is 0 Å². The minimum absolute atomic E-state index is 0.0942. The van der Waals surface area contributed by atoms with Gasteiger partial charge in [0.05, 0.1) is 6.54 Å². The summed E-state index contributed by atoms with van der Waals surface area (Å²) in [5.41, 5.74) is 0. The van der Waals surface area contributed by atoms with Crippen molar-refractivity contribution in [3.63, 3.8) is 0 Å². The summed E-state index contributed by atoms with van der Waals surface area (Å²) in [5, 5.41) is 0. The van der Waals surface area contributed by atoms with Crippen LogP contribution >= 0.6 is 0 Å². The lowest BCUT2D eigenvalue weighted by Crippen LogP contribution is -2.36. The van der Waals surface area contributed by atoms with Crippen molar-refractivity contribution in [2.75, 3.05) is 19.7 Å². The van der Waals surface area contributed by atoms with Crippen LogP contribution in [-0.4, -0.2) is 47.5 Å². The molecule has 0 N–H and O–H groups in total. The summed E-state index contributed by atoms with van der Waals surface area (Å²) in [6, 6.07) is 6.02. The molecule has 106 valence electrons. The van der Waals surface area contributed by atoms with Gasteiger partial charge in [-0.05, 0) is 25.0 Å². The number of nitrogens with zero attached hydrogens (tertiary/aromatic N) is 2. The normalized spacial score (nSPS) is 18.9. The standard InChI is InChI=1S/C14H15FN2O3/c15-11-3-1-2-4-12(11)20-8-7-16-13(18)9-17(14(16)19)10-5-6-10/h1-4,10H,5-9H2. The average molecular weight is 278 g/mol. The van der Waals surface area contributed by atoms with E-state index >= 15 is 0 Å². The monoisotopic (exact) mass is 278 g/mol. The molecule has 0 unspecified atom stereocenters. The average Bonchev–Trinajstić information content (AvgIpc) is 3.22. The summed E-state index contributed by atoms with van der Waals surface area (Å²) >= 11 is 0. The van der Waals surface area contributed by atoms with Gasteiger partial charge in [-0.3, -0.25) is 9.69 Å². The van der Waals surface area contributed by atoms with Crippen LogP contribution in [0.5, 0.6) is 5.75 Å². The summed E-state index contributed by atoms with van der Waals surface area (Å²) < 4.78 is 18.6. The van der Waals surface area contributed by atoms with Gasteiger partial charge in [-0.1, -0.05) is 12.1 Å². The lowest BCUT2D eigenvalue weighted by Gasteiger charge is -2.16. The van der Waals surface area contributed by atoms with E-state index in [1.807, 2.05) is 0 Å². The predicted molar refractivity (Wildman–Crippen MR) is 68.7 cm³/mol. The van der Waals surface area contributed by atoms with Gasteiger partial charge in [0.15, 0.2) is 11.6 Å². The minimum Gasteiger partial charge on any atom is -0.489 e. The Kier molecular flexibility index (Phi) is 3.30. The van der Waals surface area contributed by atoms with Gasteiger partial charge in [0, 0.05) is 6.04 Å². The SMILES string of the molecule is O=C1CN(C2CC2)C(=O)N1CCOc1ccccc1F. The molecule has 3 rings (SSSR count). The van der Waals surface area contributed by atoms with E-state index < -0.39 is 5.82 Å². The summed E-state index contributed by atoms with van der Waals surface area (Å²) in [6.07, 6.45) is 1.94. The molecule has 1 saturated carbocycles. The van der Waals surface area contributed by atoms with Crippen molar-refractivity contribution in [2.24, 2.45) is 0 Å². The first-order valence-corrected chi connectivity index (χ1v) is 6.65. The number of carbonyl (C=O) groups excluding carboxylic acids is 2. The zero-order chi connectivity index (χ0) is 14.1. The van der Waals surface area contributed by atoms with Crippen molar-refractivity contribution < 1.29 is 18.7 Å². The molecule has 0 bridgehead atoms. The Labute approximate surface area is 115 Å². The second-order valence-electron chi connectivity index (χ2n) is 4.97. The largest absolute Gasteiger partial charge is 0.489 e. The number of carbonyl (C=O) groups is 2. The highest BCUT2D eigenvalue weighted by atomic mass is 19.1. The Morgan fingerprint density at radius 2 is 2.00 bits per heavy atom. The van der Waals surface area contributed by atoms with Crippen molar-refractivity contribution in [1.82, 2.24) is 9.80 Å². The third-order valence-electron chi connectivity index (χ3n) is 3.48. The number of halogens is 1. The second kappa shape index (κ2) is 5.11. The van der Waals surface area contributed by atoms with E-state index in [0.717, 1.165) is 12.8 Å². The molecule has 3 amide bonds. The van der Waals surface area contributed by atoms with Crippen molar-refractivity contribution in [3.05, 3.63) is 30.1 Å². The quantitative estimate of drug-likeness (QED) is 0.769. The van der Waals surface area contributed by atoms with Crippen LogP contribution in [0.4, 0.5) is 9.18 Å². The first-order valence-electron chi connectivity index (χ1n) is 6.65. The van der Waals surface area contributed by atoms with Crippen molar-refractivity contribution in [2.45, 2.75) is 18.9 Å². The maximum atomic E-state index is 13.3. The smallest absolute Gasteiger partial charge is 0.327 e. The number of para-hydroxylation sites is 1. The van der Waals surface area contributed by atoms with E-state index in [-0.39, 0.29) is 43.4 Å². The van der Waals surface area contributed by atoms with Gasteiger partial charge < -0.3 is 9.64 Å². The zero-order valence-electron chi connectivity index (χ0n) is 10.9. The fourth-order valence-corrected chi connectivity index (χ4v) is 2.26. The van der Waals surface area contributed by atoms with Gasteiger partial charge in [0.2, 0.25) is 5.91 Å². The molecular weight excluding hydrogens is 263 g/mol. The Bertz CT molecular complexity index is 545. The van der Waals surface area contributed by atoms with Crippen LogP contribution in [0, 0.1) is 5.82 Å². The number of benzene rings is 1. The van der Waals surface area contributed by atoms with Crippen LogP contribution < -0.4 is 4.74 Å². The highest BCUT2D eigenvalue weighted by Gasteiger charge is 2.43. The van der Waals surface area contributed by atoms with Crippen molar-refractivity contribution >= 4 is 11.9 Å². The molecule has 0 radical (unpaired) electrons. The Morgan fingerprint density at radius 3 is 2.70 bits per heavy atom. The van der Waals surface area contributed by atoms with Crippen LogP contribution in [0.1, 0.15) is 12.8 Å². The highest BCUT2D eigenvalue weighted by Crippen LogP contribution is 2.30. The molecule has 1 aliphatic heterocycles. The van der Waals surface area contributed by atoms with Gasteiger partial charge in [-0.2, -0.15) is 0 Å². The molecule has 1 aliphatic carbocycles. The first kappa shape index (κ1) is 12.9. The minimum atomic E-state index is -0.453. The fraction of sp³-hybridized carbons (Fsp3) is 0.429. The number of amides is 3. The third kappa shape index (κ3) is 2.45. The molecule has 1 saturated heterocycles. The molecule has 20 heavy (non-hydrogen) atoms. The van der Waals surface area contributed by atoms with Crippen LogP contribution in [-0.2, 0) is 4.79 Å². The molecule has 6 heteroatoms. The van der Waals surface area contributed by atoms with Crippen LogP contribution in [0.15, 0.2) is 24.3 Å². The summed E-state index contributed by atoms with van der Waals surface area (Å²) in [5.74, 6) is -0.532. The van der Waals surface area contributed by atoms with Crippen molar-refractivity contribution in [3.8, 4) is 5.75 Å².